The molecule has 0 radical (unpaired) electrons. The van der Waals surface area contributed by atoms with E-state index in [2.05, 4.69) is 0 Å². The number of ketones is 1. The number of Topliss-reactive ketones (excluding diaryl/α,β-unsaturated/α-hetero) is 1. The third-order valence-electron chi connectivity index (χ3n) is 6.12. The maximum atomic E-state index is 14.2. The van der Waals surface area contributed by atoms with Crippen molar-refractivity contribution in [2.75, 3.05) is 20.8 Å². The highest BCUT2D eigenvalue weighted by Gasteiger charge is 2.45. The zero-order valence-corrected chi connectivity index (χ0v) is 19.7. The molecule has 1 unspecified atom stereocenters. The van der Waals surface area contributed by atoms with Gasteiger partial charge >= 0.3 is 0 Å². The molecule has 7 heteroatoms. The zero-order valence-electron chi connectivity index (χ0n) is 19.7. The van der Waals surface area contributed by atoms with Crippen LogP contribution in [-0.2, 0) is 16.0 Å². The van der Waals surface area contributed by atoms with Crippen LogP contribution in [0.4, 0.5) is 4.39 Å². The number of amides is 1. The van der Waals surface area contributed by atoms with Crippen LogP contribution in [0.5, 0.6) is 11.5 Å². The quantitative estimate of drug-likeness (QED) is 0.301. The number of benzene rings is 3. The molecule has 1 heterocycles. The van der Waals surface area contributed by atoms with Gasteiger partial charge in [-0.1, -0.05) is 48.0 Å². The van der Waals surface area contributed by atoms with E-state index in [9.17, 15) is 19.1 Å². The number of likely N-dealkylation sites (tertiary alicyclic amines) is 1. The maximum absolute atomic E-state index is 14.2. The van der Waals surface area contributed by atoms with Crippen LogP contribution in [0.1, 0.15) is 28.3 Å². The summed E-state index contributed by atoms with van der Waals surface area (Å²) in [5.41, 5.74) is 2.61. The highest BCUT2D eigenvalue weighted by atomic mass is 19.1. The molecule has 1 aliphatic rings. The molecule has 6 nitrogen and oxygen atoms in total. The van der Waals surface area contributed by atoms with Gasteiger partial charge in [-0.25, -0.2) is 4.39 Å². The van der Waals surface area contributed by atoms with E-state index >= 15 is 0 Å². The topological polar surface area (TPSA) is 76.1 Å². The van der Waals surface area contributed by atoms with Gasteiger partial charge in [0.15, 0.2) is 11.5 Å². The second kappa shape index (κ2) is 10.0. The molecule has 1 atom stereocenters. The summed E-state index contributed by atoms with van der Waals surface area (Å²) < 4.78 is 24.8. The lowest BCUT2D eigenvalue weighted by Gasteiger charge is -2.25. The van der Waals surface area contributed by atoms with Crippen LogP contribution in [-0.4, -0.2) is 42.5 Å². The predicted molar refractivity (Wildman–Crippen MR) is 130 cm³/mol. The van der Waals surface area contributed by atoms with E-state index in [0.29, 0.717) is 29.0 Å². The normalized spacial score (nSPS) is 17.0. The summed E-state index contributed by atoms with van der Waals surface area (Å²) >= 11 is 0. The molecule has 1 N–H and O–H groups in total. The Labute approximate surface area is 203 Å². The standard InChI is InChI=1S/C28H26FNO5/c1-17-7-10-19(11-8-17)26(31)24-25(20-5-4-6-21(29)16-20)30(28(33)27(24)32)14-13-18-9-12-22(34-2)23(15-18)35-3/h4-12,15-16,25,31H,13-14H2,1-3H3/b26-24-. The average Bonchev–Trinajstić information content (AvgIpc) is 3.12. The van der Waals surface area contributed by atoms with Gasteiger partial charge in [-0.3, -0.25) is 9.59 Å². The number of aliphatic hydroxyl groups is 1. The number of carbonyl (C=O) groups excluding carboxylic acids is 2. The molecule has 4 rings (SSSR count). The number of halogens is 1. The highest BCUT2D eigenvalue weighted by Crippen LogP contribution is 2.40. The Morgan fingerprint density at radius 3 is 2.34 bits per heavy atom. The summed E-state index contributed by atoms with van der Waals surface area (Å²) in [6.07, 6.45) is 0.407. The van der Waals surface area contributed by atoms with Gasteiger partial charge in [0.2, 0.25) is 0 Å². The molecular formula is C28H26FNO5. The minimum absolute atomic E-state index is 0.0586. The van der Waals surface area contributed by atoms with Crippen molar-refractivity contribution in [2.24, 2.45) is 0 Å². The molecule has 0 aliphatic carbocycles. The van der Waals surface area contributed by atoms with Crippen molar-refractivity contribution in [3.63, 3.8) is 0 Å². The van der Waals surface area contributed by atoms with Gasteiger partial charge in [0.1, 0.15) is 11.6 Å². The first-order chi connectivity index (χ1) is 16.8. The van der Waals surface area contributed by atoms with Crippen molar-refractivity contribution in [1.29, 1.82) is 0 Å². The van der Waals surface area contributed by atoms with Crippen molar-refractivity contribution < 1.29 is 28.6 Å². The summed E-state index contributed by atoms with van der Waals surface area (Å²) in [4.78, 5) is 27.6. The van der Waals surface area contributed by atoms with Crippen molar-refractivity contribution in [1.82, 2.24) is 4.90 Å². The smallest absolute Gasteiger partial charge is 0.295 e. The van der Waals surface area contributed by atoms with Crippen LogP contribution < -0.4 is 9.47 Å². The Hall–Kier alpha value is -4.13. The van der Waals surface area contributed by atoms with Crippen LogP contribution in [0.2, 0.25) is 0 Å². The number of methoxy groups -OCH3 is 2. The van der Waals surface area contributed by atoms with Gasteiger partial charge < -0.3 is 19.5 Å². The molecule has 0 aromatic heterocycles. The molecule has 0 saturated carbocycles. The SMILES string of the molecule is COc1ccc(CCN2C(=O)C(=O)/C(=C(\O)c3ccc(C)cc3)C2c2cccc(F)c2)cc1OC. The van der Waals surface area contributed by atoms with Gasteiger partial charge in [0.05, 0.1) is 25.8 Å². The van der Waals surface area contributed by atoms with E-state index in [1.54, 1.807) is 49.6 Å². The number of hydrogen-bond donors (Lipinski definition) is 1. The number of hydrogen-bond acceptors (Lipinski definition) is 5. The van der Waals surface area contributed by atoms with Gasteiger partial charge in [0.25, 0.3) is 11.7 Å². The number of rotatable bonds is 7. The van der Waals surface area contributed by atoms with Crippen LogP contribution in [0, 0.1) is 12.7 Å². The summed E-state index contributed by atoms with van der Waals surface area (Å²) in [7, 11) is 3.08. The second-order valence-electron chi connectivity index (χ2n) is 8.35. The van der Waals surface area contributed by atoms with E-state index in [1.165, 1.54) is 30.2 Å². The molecular weight excluding hydrogens is 449 g/mol. The minimum Gasteiger partial charge on any atom is -0.507 e. The van der Waals surface area contributed by atoms with Crippen molar-refractivity contribution >= 4 is 17.4 Å². The Morgan fingerprint density at radius 2 is 1.69 bits per heavy atom. The Bertz CT molecular complexity index is 1300. The zero-order chi connectivity index (χ0) is 25.1. The highest BCUT2D eigenvalue weighted by molar-refractivity contribution is 6.46. The summed E-state index contributed by atoms with van der Waals surface area (Å²) in [5.74, 6) is -1.20. The molecule has 1 fully saturated rings. The first-order valence-corrected chi connectivity index (χ1v) is 11.2. The number of aryl methyl sites for hydroxylation is 1. The van der Waals surface area contributed by atoms with Crippen molar-refractivity contribution in [3.8, 4) is 11.5 Å². The summed E-state index contributed by atoms with van der Waals surface area (Å²) in [5, 5.41) is 11.1. The fourth-order valence-corrected chi connectivity index (χ4v) is 4.29. The third-order valence-corrected chi connectivity index (χ3v) is 6.12. The third kappa shape index (κ3) is 4.75. The molecule has 1 amide bonds. The fraction of sp³-hybridized carbons (Fsp3) is 0.214. The number of aliphatic hydroxyl groups excluding tert-OH is 1. The Kier molecular flexibility index (Phi) is 6.87. The molecule has 35 heavy (non-hydrogen) atoms. The first kappa shape index (κ1) is 24.0. The molecule has 1 saturated heterocycles. The lowest BCUT2D eigenvalue weighted by molar-refractivity contribution is -0.139. The summed E-state index contributed by atoms with van der Waals surface area (Å²) in [6, 6.07) is 17.2. The predicted octanol–water partition coefficient (Wildman–Crippen LogP) is 4.82. The average molecular weight is 476 g/mol. The largest absolute Gasteiger partial charge is 0.507 e. The van der Waals surface area contributed by atoms with E-state index in [4.69, 9.17) is 9.47 Å². The number of nitrogens with zero attached hydrogens (tertiary/aromatic N) is 1. The number of ether oxygens (including phenoxy) is 2. The molecule has 0 spiro atoms. The molecule has 3 aromatic carbocycles. The fourth-order valence-electron chi connectivity index (χ4n) is 4.29. The van der Waals surface area contributed by atoms with Crippen molar-refractivity contribution in [2.45, 2.75) is 19.4 Å². The van der Waals surface area contributed by atoms with Crippen LogP contribution in [0.15, 0.2) is 72.3 Å². The molecule has 1 aliphatic heterocycles. The van der Waals surface area contributed by atoms with Crippen LogP contribution >= 0.6 is 0 Å². The van der Waals surface area contributed by atoms with Gasteiger partial charge in [-0.2, -0.15) is 0 Å². The van der Waals surface area contributed by atoms with Gasteiger partial charge in [-0.15, -0.1) is 0 Å². The second-order valence-corrected chi connectivity index (χ2v) is 8.35. The van der Waals surface area contributed by atoms with E-state index < -0.39 is 23.5 Å². The summed E-state index contributed by atoms with van der Waals surface area (Å²) in [6.45, 7) is 2.08. The molecule has 0 bridgehead atoms. The van der Waals surface area contributed by atoms with Gasteiger partial charge in [0, 0.05) is 12.1 Å². The molecule has 3 aromatic rings. The lowest BCUT2D eigenvalue weighted by Crippen LogP contribution is -2.31. The Balaban J connectivity index is 1.74. The minimum atomic E-state index is -0.924. The van der Waals surface area contributed by atoms with E-state index in [1.807, 2.05) is 13.0 Å². The molecule has 180 valence electrons. The van der Waals surface area contributed by atoms with E-state index in [-0.39, 0.29) is 17.9 Å². The Morgan fingerprint density at radius 1 is 0.971 bits per heavy atom. The van der Waals surface area contributed by atoms with Crippen LogP contribution in [0.3, 0.4) is 0 Å². The lowest BCUT2D eigenvalue weighted by atomic mass is 9.95. The number of carbonyl (C=O) groups is 2. The maximum Gasteiger partial charge on any atom is 0.295 e. The van der Waals surface area contributed by atoms with Gasteiger partial charge in [-0.05, 0) is 48.7 Å². The van der Waals surface area contributed by atoms with Crippen molar-refractivity contribution in [3.05, 3.63) is 100 Å². The monoisotopic (exact) mass is 475 g/mol. The van der Waals surface area contributed by atoms with Crippen LogP contribution in [0.25, 0.3) is 5.76 Å². The first-order valence-electron chi connectivity index (χ1n) is 11.2. The van der Waals surface area contributed by atoms with E-state index in [0.717, 1.165) is 11.1 Å².